The molecule has 202 valence electrons. The molecule has 2 aromatic rings. The summed E-state index contributed by atoms with van der Waals surface area (Å²) < 4.78 is 5.68. The number of ether oxygens (including phenoxy) is 1. The minimum atomic E-state index is -1.07. The first-order chi connectivity index (χ1) is 18.0. The van der Waals surface area contributed by atoms with E-state index in [1.165, 1.54) is 4.90 Å². The van der Waals surface area contributed by atoms with E-state index in [1.807, 2.05) is 13.8 Å². The monoisotopic (exact) mass is 562 g/mol. The summed E-state index contributed by atoms with van der Waals surface area (Å²) >= 11 is 12.4. The van der Waals surface area contributed by atoms with Crippen molar-refractivity contribution in [2.45, 2.75) is 52.0 Å². The number of nitroso groups, excluding NO2 is 1. The van der Waals surface area contributed by atoms with Gasteiger partial charge in [0, 0.05) is 28.9 Å². The number of nitrogens with one attached hydrogen (secondary N) is 1. The smallest absolute Gasteiger partial charge is 0.345 e. The molecule has 1 atom stereocenters. The summed E-state index contributed by atoms with van der Waals surface area (Å²) in [4.78, 5) is 51.8. The van der Waals surface area contributed by atoms with Crippen molar-refractivity contribution >= 4 is 46.9 Å². The minimum Gasteiger partial charge on any atom is -0.489 e. The predicted octanol–water partition coefficient (Wildman–Crippen LogP) is 5.17. The number of nitrogens with zero attached hydrogens (tertiary/aromatic N) is 4. The van der Waals surface area contributed by atoms with E-state index in [0.717, 1.165) is 15.5 Å². The number of imide groups is 1. The van der Waals surface area contributed by atoms with Gasteiger partial charge in [0.2, 0.25) is 6.29 Å². The van der Waals surface area contributed by atoms with Crippen LogP contribution in [0, 0.1) is 10.3 Å². The number of urea groups is 2. The van der Waals surface area contributed by atoms with E-state index >= 15 is 0 Å². The Hall–Kier alpha value is -3.41. The topological polar surface area (TPSA) is 138 Å². The third kappa shape index (κ3) is 6.17. The molecular weight excluding hydrogens is 535 g/mol. The van der Waals surface area contributed by atoms with Crippen molar-refractivity contribution in [3.63, 3.8) is 0 Å². The summed E-state index contributed by atoms with van der Waals surface area (Å²) in [5.41, 5.74) is 0.573. The maximum atomic E-state index is 13.7. The number of rotatable bonds is 10. The lowest BCUT2D eigenvalue weighted by atomic mass is 10.0. The van der Waals surface area contributed by atoms with Crippen molar-refractivity contribution in [2.24, 2.45) is 16.4 Å². The molecule has 2 aromatic carbocycles. The van der Waals surface area contributed by atoms with E-state index in [-0.39, 0.29) is 25.6 Å². The van der Waals surface area contributed by atoms with Gasteiger partial charge in [-0.25, -0.2) is 25.3 Å². The van der Waals surface area contributed by atoms with Crippen LogP contribution in [0.3, 0.4) is 0 Å². The Morgan fingerprint density at radius 3 is 2.42 bits per heavy atom. The van der Waals surface area contributed by atoms with Gasteiger partial charge in [-0.3, -0.25) is 9.69 Å². The van der Waals surface area contributed by atoms with E-state index in [2.05, 4.69) is 10.5 Å². The van der Waals surface area contributed by atoms with Gasteiger partial charge in [-0.1, -0.05) is 35.3 Å². The molecule has 0 radical (unpaired) electrons. The van der Waals surface area contributed by atoms with Gasteiger partial charge >= 0.3 is 12.1 Å². The lowest BCUT2D eigenvalue weighted by molar-refractivity contribution is -0.119. The molecule has 13 heteroatoms. The SMILES string of the molecule is CC(C)Oc1ccc(NC2N(N)C(=O)N(CC3(CC(=O)N=O)CC3)C(=O)N2Cc2ccc(Cl)cc2)cc1Cl. The molecule has 3 N–H and O–H groups in total. The van der Waals surface area contributed by atoms with Crippen LogP contribution in [0.2, 0.25) is 10.0 Å². The average Bonchev–Trinajstić information content (AvgIpc) is 3.64. The van der Waals surface area contributed by atoms with Crippen LogP contribution in [0.15, 0.2) is 47.6 Å². The van der Waals surface area contributed by atoms with E-state index in [4.69, 9.17) is 33.8 Å². The van der Waals surface area contributed by atoms with Crippen LogP contribution in [0.1, 0.15) is 38.7 Å². The lowest BCUT2D eigenvalue weighted by Crippen LogP contribution is -2.70. The molecule has 4 rings (SSSR count). The third-order valence-electron chi connectivity index (χ3n) is 6.42. The van der Waals surface area contributed by atoms with E-state index < -0.39 is 29.7 Å². The fraction of sp³-hybridized carbons (Fsp3) is 0.400. The molecule has 1 saturated heterocycles. The largest absolute Gasteiger partial charge is 0.489 e. The molecule has 2 fully saturated rings. The summed E-state index contributed by atoms with van der Waals surface area (Å²) in [6, 6.07) is 10.6. The molecule has 11 nitrogen and oxygen atoms in total. The maximum Gasteiger partial charge on any atom is 0.345 e. The fourth-order valence-electron chi connectivity index (χ4n) is 4.30. The highest BCUT2D eigenvalue weighted by Gasteiger charge is 2.51. The quantitative estimate of drug-likeness (QED) is 0.231. The first kappa shape index (κ1) is 27.6. The summed E-state index contributed by atoms with van der Waals surface area (Å²) in [6.45, 7) is 3.79. The van der Waals surface area contributed by atoms with Gasteiger partial charge in [0.25, 0.3) is 5.91 Å². The zero-order valence-electron chi connectivity index (χ0n) is 20.9. The van der Waals surface area contributed by atoms with Crippen molar-refractivity contribution in [3.05, 3.63) is 63.0 Å². The molecule has 1 heterocycles. The summed E-state index contributed by atoms with van der Waals surface area (Å²) in [5.74, 6) is 5.94. The van der Waals surface area contributed by atoms with Crippen LogP contribution in [0.25, 0.3) is 0 Å². The second-order valence-corrected chi connectivity index (χ2v) is 10.6. The Labute approximate surface area is 229 Å². The van der Waals surface area contributed by atoms with Gasteiger partial charge < -0.3 is 10.1 Å². The molecule has 5 amide bonds. The number of carbonyl (C=O) groups excluding carboxylic acids is 3. The zero-order valence-corrected chi connectivity index (χ0v) is 22.4. The molecule has 0 spiro atoms. The molecule has 0 bridgehead atoms. The number of nitrogens with two attached hydrogens (primary N) is 1. The van der Waals surface area contributed by atoms with Crippen LogP contribution < -0.4 is 15.9 Å². The van der Waals surface area contributed by atoms with Gasteiger partial charge in [0.15, 0.2) is 0 Å². The van der Waals surface area contributed by atoms with Crippen LogP contribution in [0.5, 0.6) is 5.75 Å². The molecule has 1 aliphatic carbocycles. The van der Waals surface area contributed by atoms with Crippen LogP contribution >= 0.6 is 23.2 Å². The van der Waals surface area contributed by atoms with E-state index in [0.29, 0.717) is 34.3 Å². The van der Waals surface area contributed by atoms with Crippen LogP contribution in [-0.2, 0) is 11.3 Å². The van der Waals surface area contributed by atoms with Crippen molar-refractivity contribution in [1.29, 1.82) is 0 Å². The summed E-state index contributed by atoms with van der Waals surface area (Å²) in [5, 5.41) is 7.37. The van der Waals surface area contributed by atoms with Crippen molar-refractivity contribution in [2.75, 3.05) is 11.9 Å². The number of amides is 5. The lowest BCUT2D eigenvalue weighted by Gasteiger charge is -2.46. The Kier molecular flexibility index (Phi) is 8.10. The molecule has 1 saturated carbocycles. The minimum absolute atomic E-state index is 0.0590. The highest BCUT2D eigenvalue weighted by atomic mass is 35.5. The molecule has 0 aromatic heterocycles. The van der Waals surface area contributed by atoms with Gasteiger partial charge in [-0.15, -0.1) is 4.91 Å². The van der Waals surface area contributed by atoms with Crippen molar-refractivity contribution < 1.29 is 19.1 Å². The first-order valence-electron chi connectivity index (χ1n) is 12.0. The Morgan fingerprint density at radius 2 is 1.84 bits per heavy atom. The number of hydrazine groups is 1. The van der Waals surface area contributed by atoms with Gasteiger partial charge in [0.1, 0.15) is 5.75 Å². The van der Waals surface area contributed by atoms with Crippen LogP contribution in [-0.4, -0.2) is 51.7 Å². The number of halogens is 2. The van der Waals surface area contributed by atoms with E-state index in [1.54, 1.807) is 42.5 Å². The van der Waals surface area contributed by atoms with Gasteiger partial charge in [0.05, 0.1) is 17.7 Å². The highest BCUT2D eigenvalue weighted by molar-refractivity contribution is 6.32. The highest BCUT2D eigenvalue weighted by Crippen LogP contribution is 2.50. The zero-order chi connectivity index (χ0) is 27.6. The van der Waals surface area contributed by atoms with Gasteiger partial charge in [-0.05, 0) is 68.0 Å². The normalized spacial score (nSPS) is 18.6. The average molecular weight is 563 g/mol. The molecule has 1 unspecified atom stereocenters. The Balaban J connectivity index is 1.62. The second-order valence-electron chi connectivity index (χ2n) is 9.80. The number of hydrogen-bond acceptors (Lipinski definition) is 7. The Bertz CT molecular complexity index is 1240. The number of benzene rings is 2. The number of anilines is 1. The standard InChI is InChI=1S/C25H28Cl2N6O5/c1-15(2)38-20-8-7-18(11-19(20)27)29-22-31(13-16-3-5-17(26)6-4-16)23(35)32(24(36)33(22)28)14-25(9-10-25)12-21(34)30-37/h3-8,11,15,22,29H,9-10,12-14,28H2,1-2H3. The molecule has 1 aliphatic heterocycles. The summed E-state index contributed by atoms with van der Waals surface area (Å²) in [7, 11) is 0. The first-order valence-corrected chi connectivity index (χ1v) is 12.8. The molecule has 2 aliphatic rings. The van der Waals surface area contributed by atoms with E-state index in [9.17, 15) is 19.3 Å². The van der Waals surface area contributed by atoms with Crippen LogP contribution in [0.4, 0.5) is 15.3 Å². The maximum absolute atomic E-state index is 13.7. The second kappa shape index (κ2) is 11.1. The third-order valence-corrected chi connectivity index (χ3v) is 6.97. The van der Waals surface area contributed by atoms with Gasteiger partial charge in [-0.2, -0.15) is 0 Å². The van der Waals surface area contributed by atoms with Crippen molar-refractivity contribution in [3.8, 4) is 5.75 Å². The van der Waals surface area contributed by atoms with Crippen molar-refractivity contribution in [1.82, 2.24) is 14.8 Å². The molecular formula is C25H28Cl2N6O5. The number of hydrogen-bond donors (Lipinski definition) is 2. The predicted molar refractivity (Wildman–Crippen MR) is 142 cm³/mol. The molecule has 38 heavy (non-hydrogen) atoms. The number of carbonyl (C=O) groups is 3. The Morgan fingerprint density at radius 1 is 1.16 bits per heavy atom. The summed E-state index contributed by atoms with van der Waals surface area (Å²) in [6.07, 6.45) is -0.118. The fourth-order valence-corrected chi connectivity index (χ4v) is 4.66.